The lowest BCUT2D eigenvalue weighted by atomic mass is 10.3. The predicted molar refractivity (Wildman–Crippen MR) is 88.1 cm³/mol. The van der Waals surface area contributed by atoms with Crippen LogP contribution in [0.5, 0.6) is 5.75 Å². The Morgan fingerprint density at radius 2 is 1.52 bits per heavy atom. The minimum absolute atomic E-state index is 0.0945. The predicted octanol–water partition coefficient (Wildman–Crippen LogP) is -0.0232. The smallest absolute Gasteiger partial charge is 0.238 e. The zero-order valence-corrected chi connectivity index (χ0v) is 14.3. The summed E-state index contributed by atoms with van der Waals surface area (Å²) in [6, 6.07) is 6.17. The van der Waals surface area contributed by atoms with Crippen LogP contribution in [-0.2, 0) is 14.8 Å². The van der Waals surface area contributed by atoms with Gasteiger partial charge in [0.25, 0.3) is 0 Å². The number of nitrogens with zero attached hydrogens (tertiary/aromatic N) is 2. The summed E-state index contributed by atoms with van der Waals surface area (Å²) in [7, 11) is -1.92. The number of benzene rings is 1. The SMILES string of the molecule is COCCN1CCN(CCOc2ccc(S(N)(=O)=O)cc2)CC1. The monoisotopic (exact) mass is 343 g/mol. The molecule has 130 valence electrons. The first-order valence-electron chi connectivity index (χ1n) is 7.68. The summed E-state index contributed by atoms with van der Waals surface area (Å²) in [6.45, 7) is 7.34. The van der Waals surface area contributed by atoms with E-state index in [1.54, 1.807) is 19.2 Å². The summed E-state index contributed by atoms with van der Waals surface area (Å²) in [6.07, 6.45) is 0. The van der Waals surface area contributed by atoms with Crippen molar-refractivity contribution in [2.45, 2.75) is 4.90 Å². The number of nitrogens with two attached hydrogens (primary N) is 1. The molecular weight excluding hydrogens is 318 g/mol. The van der Waals surface area contributed by atoms with Crippen LogP contribution < -0.4 is 9.88 Å². The van der Waals surface area contributed by atoms with Gasteiger partial charge in [-0.05, 0) is 24.3 Å². The van der Waals surface area contributed by atoms with Crippen LogP contribution in [0.25, 0.3) is 0 Å². The highest BCUT2D eigenvalue weighted by molar-refractivity contribution is 7.89. The van der Waals surface area contributed by atoms with E-state index in [-0.39, 0.29) is 4.90 Å². The van der Waals surface area contributed by atoms with Crippen molar-refractivity contribution in [3.8, 4) is 5.75 Å². The third-order valence-corrected chi connectivity index (χ3v) is 4.83. The first-order valence-corrected chi connectivity index (χ1v) is 9.23. The van der Waals surface area contributed by atoms with Gasteiger partial charge < -0.3 is 9.47 Å². The molecule has 1 aliphatic heterocycles. The van der Waals surface area contributed by atoms with Crippen molar-refractivity contribution in [3.63, 3.8) is 0 Å². The number of piperazine rings is 1. The van der Waals surface area contributed by atoms with Crippen molar-refractivity contribution in [1.29, 1.82) is 0 Å². The van der Waals surface area contributed by atoms with Crippen LogP contribution >= 0.6 is 0 Å². The van der Waals surface area contributed by atoms with Gasteiger partial charge >= 0.3 is 0 Å². The molecular formula is C15H25N3O4S. The number of methoxy groups -OCH3 is 1. The van der Waals surface area contributed by atoms with E-state index in [2.05, 4.69) is 9.80 Å². The lowest BCUT2D eigenvalue weighted by molar-refractivity contribution is 0.0894. The van der Waals surface area contributed by atoms with Crippen LogP contribution in [0.3, 0.4) is 0 Å². The van der Waals surface area contributed by atoms with E-state index in [4.69, 9.17) is 14.6 Å². The van der Waals surface area contributed by atoms with Crippen molar-refractivity contribution < 1.29 is 17.9 Å². The Morgan fingerprint density at radius 3 is 2.00 bits per heavy atom. The standard InChI is InChI=1S/C15H25N3O4S/c1-21-12-10-17-6-8-18(9-7-17)11-13-22-14-2-4-15(5-3-14)23(16,19)20/h2-5H,6-13H2,1H3,(H2,16,19,20). The molecule has 0 saturated carbocycles. The third kappa shape index (κ3) is 6.08. The minimum Gasteiger partial charge on any atom is -0.492 e. The number of sulfonamides is 1. The summed E-state index contributed by atoms with van der Waals surface area (Å²) in [5, 5.41) is 5.06. The van der Waals surface area contributed by atoms with Crippen molar-refractivity contribution >= 4 is 10.0 Å². The Hall–Kier alpha value is -1.19. The van der Waals surface area contributed by atoms with Crippen LogP contribution in [0.1, 0.15) is 0 Å². The minimum atomic E-state index is -3.65. The summed E-state index contributed by atoms with van der Waals surface area (Å²) in [5.74, 6) is 0.649. The molecule has 0 unspecified atom stereocenters. The van der Waals surface area contributed by atoms with Crippen LogP contribution in [0.15, 0.2) is 29.2 Å². The molecule has 0 bridgehead atoms. The molecule has 1 aromatic rings. The van der Waals surface area contributed by atoms with Crippen LogP contribution in [0.2, 0.25) is 0 Å². The molecule has 1 aliphatic rings. The molecule has 1 heterocycles. The fourth-order valence-electron chi connectivity index (χ4n) is 2.48. The van der Waals surface area contributed by atoms with Crippen molar-refractivity contribution in [2.75, 3.05) is 59.6 Å². The molecule has 0 aromatic heterocycles. The number of primary sulfonamides is 1. The fourth-order valence-corrected chi connectivity index (χ4v) is 2.99. The second-order valence-corrected chi connectivity index (χ2v) is 7.10. The molecule has 2 rings (SSSR count). The Bertz CT molecular complexity index is 569. The maximum Gasteiger partial charge on any atom is 0.238 e. The van der Waals surface area contributed by atoms with Gasteiger partial charge in [0.05, 0.1) is 11.5 Å². The average molecular weight is 343 g/mol. The summed E-state index contributed by atoms with van der Waals surface area (Å²) in [5.41, 5.74) is 0. The second kappa shape index (κ2) is 8.60. The first-order chi connectivity index (χ1) is 11.0. The maximum absolute atomic E-state index is 11.2. The number of hydrogen-bond acceptors (Lipinski definition) is 6. The topological polar surface area (TPSA) is 85.1 Å². The van der Waals surface area contributed by atoms with Gasteiger partial charge in [-0.25, -0.2) is 13.6 Å². The zero-order valence-electron chi connectivity index (χ0n) is 13.5. The Labute approximate surface area is 138 Å². The Morgan fingerprint density at radius 1 is 1.00 bits per heavy atom. The lowest BCUT2D eigenvalue weighted by Gasteiger charge is -2.34. The van der Waals surface area contributed by atoms with Gasteiger partial charge in [0.2, 0.25) is 10.0 Å². The van der Waals surface area contributed by atoms with E-state index in [1.807, 2.05) is 0 Å². The van der Waals surface area contributed by atoms with Crippen LogP contribution in [-0.4, -0.2) is 77.8 Å². The van der Waals surface area contributed by atoms with Gasteiger partial charge in [0.1, 0.15) is 12.4 Å². The second-order valence-electron chi connectivity index (χ2n) is 5.54. The van der Waals surface area contributed by atoms with Crippen molar-refractivity contribution in [3.05, 3.63) is 24.3 Å². The molecule has 23 heavy (non-hydrogen) atoms. The third-order valence-electron chi connectivity index (χ3n) is 3.91. The normalized spacial score (nSPS) is 17.3. The van der Waals surface area contributed by atoms with Crippen LogP contribution in [0.4, 0.5) is 0 Å². The summed E-state index contributed by atoms with van der Waals surface area (Å²) in [4.78, 5) is 4.85. The van der Waals surface area contributed by atoms with Gasteiger partial charge in [0, 0.05) is 46.4 Å². The maximum atomic E-state index is 11.2. The van der Waals surface area contributed by atoms with Gasteiger partial charge in [-0.2, -0.15) is 0 Å². The molecule has 0 radical (unpaired) electrons. The molecule has 0 spiro atoms. The summed E-state index contributed by atoms with van der Waals surface area (Å²) >= 11 is 0. The molecule has 0 atom stereocenters. The fraction of sp³-hybridized carbons (Fsp3) is 0.600. The van der Waals surface area contributed by atoms with E-state index in [0.29, 0.717) is 12.4 Å². The first kappa shape index (κ1) is 18.2. The quantitative estimate of drug-likeness (QED) is 0.714. The highest BCUT2D eigenvalue weighted by Crippen LogP contribution is 2.14. The van der Waals surface area contributed by atoms with E-state index in [9.17, 15) is 8.42 Å². The molecule has 1 saturated heterocycles. The number of hydrogen-bond donors (Lipinski definition) is 1. The molecule has 1 aromatic carbocycles. The largest absolute Gasteiger partial charge is 0.492 e. The van der Waals surface area contributed by atoms with E-state index < -0.39 is 10.0 Å². The zero-order chi connectivity index (χ0) is 16.7. The van der Waals surface area contributed by atoms with E-state index in [0.717, 1.165) is 45.9 Å². The van der Waals surface area contributed by atoms with Crippen molar-refractivity contribution in [1.82, 2.24) is 9.80 Å². The molecule has 1 fully saturated rings. The van der Waals surface area contributed by atoms with Crippen molar-refractivity contribution in [2.24, 2.45) is 5.14 Å². The van der Waals surface area contributed by atoms with E-state index in [1.165, 1.54) is 12.1 Å². The van der Waals surface area contributed by atoms with Crippen LogP contribution in [0, 0.1) is 0 Å². The highest BCUT2D eigenvalue weighted by Gasteiger charge is 2.16. The number of rotatable bonds is 8. The van der Waals surface area contributed by atoms with Gasteiger partial charge in [-0.3, -0.25) is 9.80 Å². The molecule has 7 nitrogen and oxygen atoms in total. The summed E-state index contributed by atoms with van der Waals surface area (Å²) < 4.78 is 33.1. The molecule has 2 N–H and O–H groups in total. The average Bonchev–Trinajstić information content (AvgIpc) is 2.54. The highest BCUT2D eigenvalue weighted by atomic mass is 32.2. The van der Waals surface area contributed by atoms with E-state index >= 15 is 0 Å². The molecule has 0 aliphatic carbocycles. The molecule has 8 heteroatoms. The Kier molecular flexibility index (Phi) is 6.79. The van der Waals surface area contributed by atoms with Gasteiger partial charge in [0.15, 0.2) is 0 Å². The Balaban J connectivity index is 1.68. The number of ether oxygens (including phenoxy) is 2. The van der Waals surface area contributed by atoms with Gasteiger partial charge in [-0.15, -0.1) is 0 Å². The van der Waals surface area contributed by atoms with Gasteiger partial charge in [-0.1, -0.05) is 0 Å². The lowest BCUT2D eigenvalue weighted by Crippen LogP contribution is -2.48. The molecule has 0 amide bonds.